The van der Waals surface area contributed by atoms with Gasteiger partial charge in [0.2, 0.25) is 11.8 Å². The van der Waals surface area contributed by atoms with Gasteiger partial charge in [-0.3, -0.25) is 9.59 Å². The summed E-state index contributed by atoms with van der Waals surface area (Å²) in [7, 11) is 0. The highest BCUT2D eigenvalue weighted by Gasteiger charge is 2.17. The summed E-state index contributed by atoms with van der Waals surface area (Å²) in [6.07, 6.45) is 3.54. The Morgan fingerprint density at radius 3 is 2.38 bits per heavy atom. The maximum atomic E-state index is 11.5. The maximum Gasteiger partial charge on any atom is 0.230 e. The molecule has 7 heteroatoms. The topological polar surface area (TPSA) is 78.4 Å². The average molecular weight is 329 g/mol. The predicted octanol–water partition coefficient (Wildman–Crippen LogP) is 1.28. The van der Waals surface area contributed by atoms with Crippen molar-refractivity contribution in [1.29, 1.82) is 0 Å². The molecule has 0 aromatic heterocycles. The third-order valence-corrected chi connectivity index (χ3v) is 3.19. The molecule has 0 saturated heterocycles. The molecule has 0 bridgehead atoms. The van der Waals surface area contributed by atoms with E-state index in [-0.39, 0.29) is 19.5 Å². The third-order valence-electron chi connectivity index (χ3n) is 2.53. The van der Waals surface area contributed by atoms with Crippen LogP contribution in [0.5, 0.6) is 0 Å². The van der Waals surface area contributed by atoms with Gasteiger partial charge in [-0.2, -0.15) is 0 Å². The molecule has 1 aromatic carbocycles. The van der Waals surface area contributed by atoms with Crippen molar-refractivity contribution in [3.63, 3.8) is 0 Å². The lowest BCUT2D eigenvalue weighted by molar-refractivity contribution is -0.129. The Kier molecular flexibility index (Phi) is 7.03. The molecule has 1 unspecified atom stereocenters. The minimum atomic E-state index is -1.07. The van der Waals surface area contributed by atoms with Gasteiger partial charge >= 0.3 is 0 Å². The largest absolute Gasteiger partial charge is 0.386 e. The number of terminal acetylenes is 1. The predicted molar refractivity (Wildman–Crippen MR) is 80.9 cm³/mol. The maximum absolute atomic E-state index is 11.5. The molecule has 5 nitrogen and oxygen atoms in total. The fraction of sp³-hybridized carbons (Fsp3) is 0.286. The number of aliphatic hydroxyl groups excluding tert-OH is 1. The molecule has 2 amide bonds. The number of amides is 2. The minimum Gasteiger partial charge on any atom is -0.386 e. The van der Waals surface area contributed by atoms with Crippen LogP contribution in [-0.2, 0) is 9.59 Å². The average Bonchev–Trinajstić information content (AvgIpc) is 2.42. The van der Waals surface area contributed by atoms with E-state index in [9.17, 15) is 14.7 Å². The number of nitrogens with one attached hydrogen (secondary N) is 2. The Balaban J connectivity index is 2.50. The number of hydrogen-bond donors (Lipinski definition) is 3. The monoisotopic (exact) mass is 328 g/mol. The van der Waals surface area contributed by atoms with Crippen LogP contribution in [0.3, 0.4) is 0 Å². The van der Waals surface area contributed by atoms with E-state index >= 15 is 0 Å². The normalized spacial score (nSPS) is 11.3. The molecule has 0 saturated carbocycles. The second-order valence-electron chi connectivity index (χ2n) is 4.11. The van der Waals surface area contributed by atoms with Gasteiger partial charge in [0.15, 0.2) is 0 Å². The first kappa shape index (κ1) is 17.3. The van der Waals surface area contributed by atoms with Crippen LogP contribution in [0.1, 0.15) is 18.1 Å². The van der Waals surface area contributed by atoms with Crippen molar-refractivity contribution in [2.45, 2.75) is 12.5 Å². The molecule has 0 aliphatic carbocycles. The van der Waals surface area contributed by atoms with Crippen LogP contribution < -0.4 is 10.6 Å². The summed E-state index contributed by atoms with van der Waals surface area (Å²) in [4.78, 5) is 22.8. The van der Waals surface area contributed by atoms with Gasteiger partial charge in [0.25, 0.3) is 0 Å². The highest BCUT2D eigenvalue weighted by molar-refractivity contribution is 6.36. The van der Waals surface area contributed by atoms with E-state index in [1.165, 1.54) is 0 Å². The fourth-order valence-electron chi connectivity index (χ4n) is 1.56. The van der Waals surface area contributed by atoms with E-state index in [0.717, 1.165) is 0 Å². The molecule has 1 rings (SSSR count). The molecule has 1 aromatic rings. The number of hydrogen-bond acceptors (Lipinski definition) is 3. The Hall–Kier alpha value is -1.74. The van der Waals surface area contributed by atoms with Gasteiger partial charge in [-0.05, 0) is 12.1 Å². The molecule has 0 spiro atoms. The summed E-state index contributed by atoms with van der Waals surface area (Å²) >= 11 is 11.9. The zero-order chi connectivity index (χ0) is 15.8. The molecule has 0 fully saturated rings. The van der Waals surface area contributed by atoms with E-state index in [4.69, 9.17) is 29.6 Å². The van der Waals surface area contributed by atoms with E-state index < -0.39 is 17.9 Å². The first-order valence-electron chi connectivity index (χ1n) is 6.04. The summed E-state index contributed by atoms with van der Waals surface area (Å²) in [5, 5.41) is 15.4. The summed E-state index contributed by atoms with van der Waals surface area (Å²) in [5.74, 6) is 1.20. The number of halogens is 2. The lowest BCUT2D eigenvalue weighted by Crippen LogP contribution is -2.34. The molecule has 112 valence electrons. The Bertz CT molecular complexity index is 550. The van der Waals surface area contributed by atoms with Crippen molar-refractivity contribution in [3.8, 4) is 12.3 Å². The zero-order valence-corrected chi connectivity index (χ0v) is 12.5. The fourth-order valence-corrected chi connectivity index (χ4v) is 2.21. The highest BCUT2D eigenvalue weighted by atomic mass is 35.5. The zero-order valence-electron chi connectivity index (χ0n) is 11.0. The number of benzene rings is 1. The third kappa shape index (κ3) is 5.64. The van der Waals surface area contributed by atoms with Gasteiger partial charge < -0.3 is 15.7 Å². The SMILES string of the molecule is C#CCNC(=O)CC(=O)NCC(O)c1c(Cl)cccc1Cl. The quantitative estimate of drug-likeness (QED) is 0.543. The van der Waals surface area contributed by atoms with Crippen molar-refractivity contribution >= 4 is 35.0 Å². The van der Waals surface area contributed by atoms with Gasteiger partial charge in [-0.25, -0.2) is 0 Å². The van der Waals surface area contributed by atoms with Gasteiger partial charge in [0, 0.05) is 22.2 Å². The summed E-state index contributed by atoms with van der Waals surface area (Å²) in [6.45, 7) is -0.0469. The molecule has 0 aliphatic rings. The Morgan fingerprint density at radius 1 is 1.24 bits per heavy atom. The molecule has 1 atom stereocenters. The summed E-state index contributed by atoms with van der Waals surface area (Å²) in [5.41, 5.74) is 0.331. The van der Waals surface area contributed by atoms with E-state index in [1.54, 1.807) is 18.2 Å². The molecule has 21 heavy (non-hydrogen) atoms. The van der Waals surface area contributed by atoms with Crippen LogP contribution in [0.25, 0.3) is 0 Å². The second kappa shape index (κ2) is 8.53. The van der Waals surface area contributed by atoms with Crippen molar-refractivity contribution in [1.82, 2.24) is 10.6 Å². The molecular formula is C14H14Cl2N2O3. The number of rotatable bonds is 6. The van der Waals surface area contributed by atoms with Crippen LogP contribution in [0.15, 0.2) is 18.2 Å². The Labute approximate surface area is 132 Å². The van der Waals surface area contributed by atoms with E-state index in [2.05, 4.69) is 16.6 Å². The first-order valence-corrected chi connectivity index (χ1v) is 6.80. The molecule has 0 aliphatic heterocycles. The first-order chi connectivity index (χ1) is 9.95. The van der Waals surface area contributed by atoms with Crippen LogP contribution in [0, 0.1) is 12.3 Å². The van der Waals surface area contributed by atoms with Crippen molar-refractivity contribution in [2.24, 2.45) is 0 Å². The van der Waals surface area contributed by atoms with Crippen LogP contribution in [-0.4, -0.2) is 30.0 Å². The van der Waals surface area contributed by atoms with Gasteiger partial charge in [0.05, 0.1) is 12.6 Å². The van der Waals surface area contributed by atoms with Crippen molar-refractivity contribution in [2.75, 3.05) is 13.1 Å². The lowest BCUT2D eigenvalue weighted by atomic mass is 10.1. The molecular weight excluding hydrogens is 315 g/mol. The van der Waals surface area contributed by atoms with Crippen LogP contribution in [0.2, 0.25) is 10.0 Å². The number of carbonyl (C=O) groups excluding carboxylic acids is 2. The van der Waals surface area contributed by atoms with Crippen LogP contribution >= 0.6 is 23.2 Å². The summed E-state index contributed by atoms with van der Waals surface area (Å²) < 4.78 is 0. The standard InChI is InChI=1S/C14H14Cl2N2O3/c1-2-6-17-12(20)7-13(21)18-8-11(19)14-9(15)4-3-5-10(14)16/h1,3-5,11,19H,6-8H2,(H,17,20)(H,18,21). The van der Waals surface area contributed by atoms with Crippen LogP contribution in [0.4, 0.5) is 0 Å². The van der Waals surface area contributed by atoms with Gasteiger partial charge in [-0.15, -0.1) is 6.42 Å². The second-order valence-corrected chi connectivity index (χ2v) is 4.93. The minimum absolute atomic E-state index is 0.0595. The van der Waals surface area contributed by atoms with Gasteiger partial charge in [-0.1, -0.05) is 35.2 Å². The van der Waals surface area contributed by atoms with E-state index in [0.29, 0.717) is 15.6 Å². The van der Waals surface area contributed by atoms with Crippen molar-refractivity contribution < 1.29 is 14.7 Å². The molecule has 3 N–H and O–H groups in total. The lowest BCUT2D eigenvalue weighted by Gasteiger charge is -2.15. The smallest absolute Gasteiger partial charge is 0.230 e. The summed E-state index contributed by atoms with van der Waals surface area (Å²) in [6, 6.07) is 4.82. The van der Waals surface area contributed by atoms with Gasteiger partial charge in [0.1, 0.15) is 6.42 Å². The molecule has 0 heterocycles. The highest BCUT2D eigenvalue weighted by Crippen LogP contribution is 2.29. The number of carbonyl (C=O) groups is 2. The Morgan fingerprint density at radius 2 is 1.81 bits per heavy atom. The van der Waals surface area contributed by atoms with E-state index in [1.807, 2.05) is 0 Å². The molecule has 0 radical (unpaired) electrons. The number of aliphatic hydroxyl groups is 1. The van der Waals surface area contributed by atoms with Crippen molar-refractivity contribution in [3.05, 3.63) is 33.8 Å².